The molecule has 0 fully saturated rings. The van der Waals surface area contributed by atoms with E-state index < -0.39 is 0 Å². The van der Waals surface area contributed by atoms with Crippen LogP contribution in [0.5, 0.6) is 0 Å². The van der Waals surface area contributed by atoms with Crippen LogP contribution in [-0.2, 0) is 19.1 Å². The Morgan fingerprint density at radius 1 is 0.955 bits per heavy atom. The van der Waals surface area contributed by atoms with Crippen LogP contribution in [0.25, 0.3) is 0 Å². The Kier molecular flexibility index (Phi) is 18.0. The van der Waals surface area contributed by atoms with Gasteiger partial charge >= 0.3 is 11.9 Å². The fourth-order valence-corrected chi connectivity index (χ4v) is 1.53. The molecule has 0 rings (SSSR count). The molecule has 0 aromatic carbocycles. The number of ether oxygens (including phenoxy) is 2. The average Bonchev–Trinajstić information content (AvgIpc) is 2.55. The number of rotatable bonds is 11. The van der Waals surface area contributed by atoms with Crippen LogP contribution in [0.1, 0.15) is 59.3 Å². The van der Waals surface area contributed by atoms with Gasteiger partial charge in [-0.15, -0.1) is 0 Å². The number of hydrogen-bond acceptors (Lipinski definition) is 4. The SMILES string of the molecule is C=CC(=O)OCC(CC)CCCC.C=CC(=O)OCCCC. The normalized spacial score (nSPS) is 10.7. The van der Waals surface area contributed by atoms with E-state index in [0.29, 0.717) is 19.1 Å². The van der Waals surface area contributed by atoms with E-state index in [9.17, 15) is 9.59 Å². The highest BCUT2D eigenvalue weighted by Gasteiger charge is 2.07. The predicted octanol–water partition coefficient (Wildman–Crippen LogP) is 4.45. The molecule has 0 spiro atoms. The average molecular weight is 312 g/mol. The van der Waals surface area contributed by atoms with Crippen LogP contribution in [0.3, 0.4) is 0 Å². The van der Waals surface area contributed by atoms with Gasteiger partial charge in [-0.2, -0.15) is 0 Å². The summed E-state index contributed by atoms with van der Waals surface area (Å²) in [6, 6.07) is 0. The van der Waals surface area contributed by atoms with Crippen LogP contribution in [0.2, 0.25) is 0 Å². The second-order valence-electron chi connectivity index (χ2n) is 4.98. The van der Waals surface area contributed by atoms with E-state index >= 15 is 0 Å². The van der Waals surface area contributed by atoms with Crippen LogP contribution in [0.15, 0.2) is 25.3 Å². The lowest BCUT2D eigenvalue weighted by Gasteiger charge is -2.13. The zero-order valence-electron chi connectivity index (χ0n) is 14.4. The number of carbonyl (C=O) groups excluding carboxylic acids is 2. The lowest BCUT2D eigenvalue weighted by Crippen LogP contribution is -2.12. The molecule has 0 saturated carbocycles. The molecule has 0 heterocycles. The van der Waals surface area contributed by atoms with Gasteiger partial charge in [0, 0.05) is 12.2 Å². The molecule has 0 saturated heterocycles. The van der Waals surface area contributed by atoms with Crippen molar-refractivity contribution in [2.75, 3.05) is 13.2 Å². The van der Waals surface area contributed by atoms with Crippen molar-refractivity contribution in [1.82, 2.24) is 0 Å². The predicted molar refractivity (Wildman–Crippen MR) is 90.5 cm³/mol. The topological polar surface area (TPSA) is 52.6 Å². The molecule has 0 aliphatic rings. The minimum atomic E-state index is -0.330. The molecule has 0 aliphatic carbocycles. The third-order valence-corrected chi connectivity index (χ3v) is 3.08. The van der Waals surface area contributed by atoms with Crippen LogP contribution >= 0.6 is 0 Å². The maximum Gasteiger partial charge on any atom is 0.330 e. The lowest BCUT2D eigenvalue weighted by atomic mass is 10.0. The summed E-state index contributed by atoms with van der Waals surface area (Å²) in [6.07, 6.45) is 9.00. The second kappa shape index (κ2) is 17.5. The van der Waals surface area contributed by atoms with E-state index in [1.807, 2.05) is 6.92 Å². The quantitative estimate of drug-likeness (QED) is 0.321. The van der Waals surface area contributed by atoms with E-state index in [4.69, 9.17) is 4.74 Å². The Bertz CT molecular complexity index is 310. The van der Waals surface area contributed by atoms with E-state index in [-0.39, 0.29) is 11.9 Å². The van der Waals surface area contributed by atoms with Crippen molar-refractivity contribution in [3.05, 3.63) is 25.3 Å². The molecular formula is C18H32O4. The van der Waals surface area contributed by atoms with E-state index in [2.05, 4.69) is 31.7 Å². The molecule has 0 N–H and O–H groups in total. The molecule has 0 aromatic heterocycles. The Balaban J connectivity index is 0. The summed E-state index contributed by atoms with van der Waals surface area (Å²) in [6.45, 7) is 14.0. The van der Waals surface area contributed by atoms with Crippen molar-refractivity contribution in [3.8, 4) is 0 Å². The second-order valence-corrected chi connectivity index (χ2v) is 4.98. The van der Waals surface area contributed by atoms with Crippen LogP contribution in [0.4, 0.5) is 0 Å². The zero-order valence-corrected chi connectivity index (χ0v) is 14.4. The molecule has 0 aliphatic heterocycles. The maximum atomic E-state index is 10.8. The highest BCUT2D eigenvalue weighted by atomic mass is 16.5. The highest BCUT2D eigenvalue weighted by Crippen LogP contribution is 2.12. The van der Waals surface area contributed by atoms with Crippen molar-refractivity contribution < 1.29 is 19.1 Å². The molecular weight excluding hydrogens is 280 g/mol. The zero-order chi connectivity index (χ0) is 17.2. The van der Waals surface area contributed by atoms with Gasteiger partial charge in [0.05, 0.1) is 13.2 Å². The first kappa shape index (κ1) is 22.7. The molecule has 1 atom stereocenters. The molecule has 0 aromatic rings. The summed E-state index contributed by atoms with van der Waals surface area (Å²) in [5.41, 5.74) is 0. The van der Waals surface area contributed by atoms with Gasteiger partial charge in [-0.1, -0.05) is 59.6 Å². The van der Waals surface area contributed by atoms with Gasteiger partial charge in [-0.05, 0) is 18.8 Å². The summed E-state index contributed by atoms with van der Waals surface area (Å²) >= 11 is 0. The van der Waals surface area contributed by atoms with Crippen molar-refractivity contribution in [2.24, 2.45) is 5.92 Å². The van der Waals surface area contributed by atoms with Gasteiger partial charge in [-0.25, -0.2) is 9.59 Å². The van der Waals surface area contributed by atoms with Gasteiger partial charge in [0.15, 0.2) is 0 Å². The third-order valence-electron chi connectivity index (χ3n) is 3.08. The fraction of sp³-hybridized carbons (Fsp3) is 0.667. The largest absolute Gasteiger partial charge is 0.463 e. The fourth-order valence-electron chi connectivity index (χ4n) is 1.53. The van der Waals surface area contributed by atoms with Gasteiger partial charge in [0.25, 0.3) is 0 Å². The summed E-state index contributed by atoms with van der Waals surface area (Å²) < 4.78 is 9.66. The Morgan fingerprint density at radius 3 is 1.95 bits per heavy atom. The summed E-state index contributed by atoms with van der Waals surface area (Å²) in [4.78, 5) is 21.1. The van der Waals surface area contributed by atoms with Crippen molar-refractivity contribution in [3.63, 3.8) is 0 Å². The number of hydrogen-bond donors (Lipinski definition) is 0. The van der Waals surface area contributed by atoms with E-state index in [1.165, 1.54) is 25.0 Å². The highest BCUT2D eigenvalue weighted by molar-refractivity contribution is 5.81. The minimum absolute atomic E-state index is 0.310. The first-order valence-corrected chi connectivity index (χ1v) is 8.13. The third kappa shape index (κ3) is 16.5. The van der Waals surface area contributed by atoms with E-state index in [1.54, 1.807) is 0 Å². The molecule has 0 bridgehead atoms. The number of unbranched alkanes of at least 4 members (excludes halogenated alkanes) is 2. The molecule has 1 unspecified atom stereocenters. The number of carbonyl (C=O) groups is 2. The summed E-state index contributed by atoms with van der Waals surface area (Å²) in [5, 5.41) is 0. The number of esters is 2. The van der Waals surface area contributed by atoms with Crippen molar-refractivity contribution in [2.45, 2.75) is 59.3 Å². The van der Waals surface area contributed by atoms with Gasteiger partial charge in [0.1, 0.15) is 0 Å². The van der Waals surface area contributed by atoms with Crippen LogP contribution < -0.4 is 0 Å². The van der Waals surface area contributed by atoms with Gasteiger partial charge in [-0.3, -0.25) is 0 Å². The van der Waals surface area contributed by atoms with Gasteiger partial charge < -0.3 is 9.47 Å². The first-order chi connectivity index (χ1) is 10.5. The smallest absolute Gasteiger partial charge is 0.330 e. The van der Waals surface area contributed by atoms with Crippen LogP contribution in [-0.4, -0.2) is 25.2 Å². The lowest BCUT2D eigenvalue weighted by molar-refractivity contribution is -0.139. The first-order valence-electron chi connectivity index (χ1n) is 8.13. The molecule has 128 valence electrons. The molecule has 0 amide bonds. The summed E-state index contributed by atoms with van der Waals surface area (Å²) in [5.74, 6) is -0.123. The van der Waals surface area contributed by atoms with Crippen molar-refractivity contribution in [1.29, 1.82) is 0 Å². The Hall–Kier alpha value is -1.58. The van der Waals surface area contributed by atoms with Gasteiger partial charge in [0.2, 0.25) is 0 Å². The molecule has 0 radical (unpaired) electrons. The summed E-state index contributed by atoms with van der Waals surface area (Å²) in [7, 11) is 0. The molecule has 4 nitrogen and oxygen atoms in total. The Morgan fingerprint density at radius 2 is 1.50 bits per heavy atom. The van der Waals surface area contributed by atoms with Crippen LogP contribution in [0, 0.1) is 5.92 Å². The molecule has 4 heteroatoms. The minimum Gasteiger partial charge on any atom is -0.463 e. The van der Waals surface area contributed by atoms with E-state index in [0.717, 1.165) is 25.7 Å². The standard InChI is InChI=1S/C11H20O2.C7H12O2/c1-4-7-8-10(5-2)9-13-11(12)6-3;1-3-5-6-9-7(8)4-2/h6,10H,3-5,7-9H2,1-2H3;4H,2-3,5-6H2,1H3. The molecule has 22 heavy (non-hydrogen) atoms. The van der Waals surface area contributed by atoms with Crippen molar-refractivity contribution >= 4 is 11.9 Å². The monoisotopic (exact) mass is 312 g/mol. The maximum absolute atomic E-state index is 10.8. The Labute approximate surface area is 135 Å².